The lowest BCUT2D eigenvalue weighted by Gasteiger charge is -2.23. The van der Waals surface area contributed by atoms with Gasteiger partial charge in [0.25, 0.3) is 11.8 Å². The maximum Gasteiger partial charge on any atom is 0.262 e. The number of fused-ring (bicyclic) bond motifs is 1. The average Bonchev–Trinajstić information content (AvgIpc) is 2.62. The summed E-state index contributed by atoms with van der Waals surface area (Å²) in [4.78, 5) is 37.1. The first-order chi connectivity index (χ1) is 10.2. The van der Waals surface area contributed by atoms with Gasteiger partial charge in [0.1, 0.15) is 6.54 Å². The summed E-state index contributed by atoms with van der Waals surface area (Å²) in [7, 11) is 0. The second-order valence-electron chi connectivity index (χ2n) is 5.99. The molecule has 6 nitrogen and oxygen atoms in total. The molecule has 1 aliphatic rings. The summed E-state index contributed by atoms with van der Waals surface area (Å²) in [5.41, 5.74) is 0.339. The van der Waals surface area contributed by atoms with Crippen LogP contribution in [0, 0.1) is 0 Å². The third-order valence-electron chi connectivity index (χ3n) is 2.92. The summed E-state index contributed by atoms with van der Waals surface area (Å²) < 4.78 is 0. The van der Waals surface area contributed by atoms with E-state index in [9.17, 15) is 14.4 Å². The molecule has 0 saturated carbocycles. The zero-order valence-corrected chi connectivity index (χ0v) is 13.4. The van der Waals surface area contributed by atoms with Crippen molar-refractivity contribution in [2.75, 3.05) is 6.54 Å². The highest BCUT2D eigenvalue weighted by Crippen LogP contribution is 2.21. The Kier molecular flexibility index (Phi) is 4.27. The highest BCUT2D eigenvalue weighted by Gasteiger charge is 2.36. The number of thiocarbonyl (C=S) groups is 1. The average molecular weight is 319 g/mol. The molecule has 0 aromatic heterocycles. The smallest absolute Gasteiger partial charge is 0.262 e. The second kappa shape index (κ2) is 5.84. The first-order valence-electron chi connectivity index (χ1n) is 6.76. The molecule has 1 heterocycles. The number of hydrogen-bond donors (Lipinski definition) is 2. The first-order valence-corrected chi connectivity index (χ1v) is 7.17. The zero-order valence-electron chi connectivity index (χ0n) is 12.6. The van der Waals surface area contributed by atoms with Gasteiger partial charge in [0.15, 0.2) is 5.11 Å². The lowest BCUT2D eigenvalue weighted by Crippen LogP contribution is -2.50. The fourth-order valence-electron chi connectivity index (χ4n) is 2.06. The van der Waals surface area contributed by atoms with Crippen molar-refractivity contribution in [1.29, 1.82) is 0 Å². The van der Waals surface area contributed by atoms with E-state index in [1.165, 1.54) is 0 Å². The summed E-state index contributed by atoms with van der Waals surface area (Å²) >= 11 is 5.02. The molecule has 0 saturated heterocycles. The molecule has 2 rings (SSSR count). The zero-order chi connectivity index (χ0) is 16.5. The molecular weight excluding hydrogens is 302 g/mol. The van der Waals surface area contributed by atoms with Crippen LogP contribution in [-0.4, -0.2) is 39.8 Å². The van der Waals surface area contributed by atoms with Gasteiger partial charge in [0, 0.05) is 5.54 Å². The van der Waals surface area contributed by atoms with Gasteiger partial charge in [-0.3, -0.25) is 19.3 Å². The number of rotatable bonds is 2. The van der Waals surface area contributed by atoms with Gasteiger partial charge < -0.3 is 10.6 Å². The Labute approximate surface area is 133 Å². The van der Waals surface area contributed by atoms with Crippen LogP contribution in [0.1, 0.15) is 41.5 Å². The van der Waals surface area contributed by atoms with Crippen molar-refractivity contribution in [2.45, 2.75) is 26.3 Å². The van der Waals surface area contributed by atoms with Crippen molar-refractivity contribution in [3.63, 3.8) is 0 Å². The van der Waals surface area contributed by atoms with E-state index < -0.39 is 17.7 Å². The van der Waals surface area contributed by atoms with Gasteiger partial charge in [-0.1, -0.05) is 12.1 Å². The first kappa shape index (κ1) is 16.1. The number of carbonyl (C=O) groups excluding carboxylic acids is 3. The normalized spacial score (nSPS) is 13.9. The topological polar surface area (TPSA) is 78.5 Å². The van der Waals surface area contributed by atoms with Gasteiger partial charge in [0.2, 0.25) is 5.91 Å². The monoisotopic (exact) mass is 319 g/mol. The number of hydrogen-bond acceptors (Lipinski definition) is 4. The SMILES string of the molecule is CC(C)(C)NC(=S)NC(=O)CN1C(=O)c2ccccc2C1=O. The Bertz CT molecular complexity index is 629. The van der Waals surface area contributed by atoms with Crippen LogP contribution in [-0.2, 0) is 4.79 Å². The van der Waals surface area contributed by atoms with Crippen LogP contribution < -0.4 is 10.6 Å². The van der Waals surface area contributed by atoms with E-state index in [0.717, 1.165) is 4.90 Å². The van der Waals surface area contributed by atoms with Crippen LogP contribution in [0.3, 0.4) is 0 Å². The van der Waals surface area contributed by atoms with Gasteiger partial charge >= 0.3 is 0 Å². The molecule has 116 valence electrons. The molecule has 3 amide bonds. The van der Waals surface area contributed by atoms with Crippen LogP contribution in [0.5, 0.6) is 0 Å². The minimum atomic E-state index is -0.517. The van der Waals surface area contributed by atoms with Crippen LogP contribution in [0.15, 0.2) is 24.3 Å². The predicted molar refractivity (Wildman–Crippen MR) is 85.4 cm³/mol. The lowest BCUT2D eigenvalue weighted by atomic mass is 10.1. The summed E-state index contributed by atoms with van der Waals surface area (Å²) in [5.74, 6) is -1.45. The van der Waals surface area contributed by atoms with E-state index in [2.05, 4.69) is 10.6 Å². The molecule has 0 aliphatic carbocycles. The molecule has 0 unspecified atom stereocenters. The largest absolute Gasteiger partial charge is 0.358 e. The third kappa shape index (κ3) is 3.48. The predicted octanol–water partition coefficient (Wildman–Crippen LogP) is 1.07. The van der Waals surface area contributed by atoms with Gasteiger partial charge in [-0.25, -0.2) is 0 Å². The molecule has 1 aromatic carbocycles. The molecule has 1 aliphatic heterocycles. The number of amides is 3. The van der Waals surface area contributed by atoms with Crippen LogP contribution in [0.4, 0.5) is 0 Å². The molecule has 0 bridgehead atoms. The number of nitrogens with one attached hydrogen (secondary N) is 2. The van der Waals surface area contributed by atoms with Crippen molar-refractivity contribution in [1.82, 2.24) is 15.5 Å². The fourth-order valence-corrected chi connectivity index (χ4v) is 2.48. The van der Waals surface area contributed by atoms with Crippen molar-refractivity contribution in [2.24, 2.45) is 0 Å². The van der Waals surface area contributed by atoms with E-state index in [-0.39, 0.29) is 17.2 Å². The van der Waals surface area contributed by atoms with Crippen LogP contribution in [0.2, 0.25) is 0 Å². The van der Waals surface area contributed by atoms with Gasteiger partial charge in [0.05, 0.1) is 11.1 Å². The third-order valence-corrected chi connectivity index (χ3v) is 3.13. The maximum absolute atomic E-state index is 12.1. The molecule has 0 fully saturated rings. The number of carbonyl (C=O) groups is 3. The Hall–Kier alpha value is -2.28. The van der Waals surface area contributed by atoms with E-state index in [1.807, 2.05) is 20.8 Å². The Morgan fingerprint density at radius 1 is 1.14 bits per heavy atom. The van der Waals surface area contributed by atoms with Crippen molar-refractivity contribution in [3.8, 4) is 0 Å². The van der Waals surface area contributed by atoms with Crippen molar-refractivity contribution < 1.29 is 14.4 Å². The van der Waals surface area contributed by atoms with Crippen LogP contribution in [0.25, 0.3) is 0 Å². The van der Waals surface area contributed by atoms with Gasteiger partial charge in [-0.05, 0) is 45.1 Å². The molecule has 1 aromatic rings. The molecule has 0 spiro atoms. The van der Waals surface area contributed by atoms with Gasteiger partial charge in [-0.15, -0.1) is 0 Å². The second-order valence-corrected chi connectivity index (χ2v) is 6.40. The van der Waals surface area contributed by atoms with Crippen LogP contribution >= 0.6 is 12.2 Å². The Morgan fingerprint density at radius 2 is 1.64 bits per heavy atom. The summed E-state index contributed by atoms with van der Waals surface area (Å²) in [6.07, 6.45) is 0. The highest BCUT2D eigenvalue weighted by molar-refractivity contribution is 7.80. The summed E-state index contributed by atoms with van der Waals surface area (Å²) in [6, 6.07) is 6.49. The molecule has 22 heavy (non-hydrogen) atoms. The van der Waals surface area contributed by atoms with Gasteiger partial charge in [-0.2, -0.15) is 0 Å². The lowest BCUT2D eigenvalue weighted by molar-refractivity contribution is -0.120. The number of benzene rings is 1. The summed E-state index contributed by atoms with van der Waals surface area (Å²) in [5, 5.41) is 5.55. The highest BCUT2D eigenvalue weighted by atomic mass is 32.1. The Morgan fingerprint density at radius 3 is 2.09 bits per heavy atom. The van der Waals surface area contributed by atoms with E-state index in [4.69, 9.17) is 12.2 Å². The quantitative estimate of drug-likeness (QED) is 0.630. The summed E-state index contributed by atoms with van der Waals surface area (Å²) in [6.45, 7) is 5.33. The van der Waals surface area contributed by atoms with Crippen molar-refractivity contribution >= 4 is 35.1 Å². The minimum Gasteiger partial charge on any atom is -0.358 e. The standard InChI is InChI=1S/C15H17N3O3S/c1-15(2,3)17-14(22)16-11(19)8-18-12(20)9-6-4-5-7-10(9)13(18)21/h4-7H,8H2,1-3H3,(H2,16,17,19,22). The number of imide groups is 1. The molecule has 7 heteroatoms. The van der Waals surface area contributed by atoms with Crippen molar-refractivity contribution in [3.05, 3.63) is 35.4 Å². The maximum atomic E-state index is 12.1. The molecule has 0 radical (unpaired) electrons. The molecule has 2 N–H and O–H groups in total. The fraction of sp³-hybridized carbons (Fsp3) is 0.333. The Balaban J connectivity index is 2.01. The molecule has 0 atom stereocenters. The van der Waals surface area contributed by atoms with E-state index in [0.29, 0.717) is 11.1 Å². The number of nitrogens with zero attached hydrogens (tertiary/aromatic N) is 1. The minimum absolute atomic E-state index is 0.161. The van der Waals surface area contributed by atoms with E-state index in [1.54, 1.807) is 24.3 Å². The van der Waals surface area contributed by atoms with E-state index >= 15 is 0 Å². The molecular formula is C15H17N3O3S.